The van der Waals surface area contributed by atoms with Crippen molar-refractivity contribution >= 4 is 44.8 Å². The Kier molecular flexibility index (Phi) is 7.43. The normalized spacial score (nSPS) is 11.1. The predicted molar refractivity (Wildman–Crippen MR) is 122 cm³/mol. The van der Waals surface area contributed by atoms with Gasteiger partial charge in [0.25, 0.3) is 10.0 Å². The summed E-state index contributed by atoms with van der Waals surface area (Å²) in [6, 6.07) is 19.2. The van der Waals surface area contributed by atoms with Crippen molar-refractivity contribution < 1.29 is 17.9 Å². The van der Waals surface area contributed by atoms with Crippen molar-refractivity contribution in [3.63, 3.8) is 0 Å². The van der Waals surface area contributed by atoms with E-state index in [2.05, 4.69) is 5.32 Å². The van der Waals surface area contributed by atoms with Gasteiger partial charge in [-0.2, -0.15) is 0 Å². The number of carbonyl (C=O) groups is 1. The predicted octanol–water partition coefficient (Wildman–Crippen LogP) is 4.51. The molecule has 0 aliphatic carbocycles. The Balaban J connectivity index is 1.84. The van der Waals surface area contributed by atoms with Gasteiger partial charge in [0.2, 0.25) is 5.91 Å². The largest absolute Gasteiger partial charge is 0.497 e. The van der Waals surface area contributed by atoms with Crippen LogP contribution in [0.4, 0.5) is 5.69 Å². The summed E-state index contributed by atoms with van der Waals surface area (Å²) in [4.78, 5) is 12.7. The molecular weight excluding hydrogens is 459 g/mol. The highest BCUT2D eigenvalue weighted by Crippen LogP contribution is 2.26. The van der Waals surface area contributed by atoms with E-state index in [1.54, 1.807) is 60.7 Å². The average molecular weight is 479 g/mol. The quantitative estimate of drug-likeness (QED) is 0.516. The smallest absolute Gasteiger partial charge is 0.264 e. The second-order valence-electron chi connectivity index (χ2n) is 6.57. The lowest BCUT2D eigenvalue weighted by Gasteiger charge is -2.24. The maximum Gasteiger partial charge on any atom is 0.264 e. The number of hydrogen-bond acceptors (Lipinski definition) is 4. The van der Waals surface area contributed by atoms with Gasteiger partial charge >= 0.3 is 0 Å². The number of halogens is 2. The van der Waals surface area contributed by atoms with Crippen molar-refractivity contribution in [1.29, 1.82) is 0 Å². The number of hydrogen-bond donors (Lipinski definition) is 1. The Labute approximate surface area is 191 Å². The molecule has 1 N–H and O–H groups in total. The Morgan fingerprint density at radius 2 is 1.45 bits per heavy atom. The molecule has 3 aromatic carbocycles. The number of carbonyl (C=O) groups excluding carboxylic acids is 1. The molecule has 0 radical (unpaired) electrons. The Morgan fingerprint density at radius 1 is 0.903 bits per heavy atom. The van der Waals surface area contributed by atoms with Gasteiger partial charge in [-0.1, -0.05) is 35.3 Å². The maximum atomic E-state index is 13.3. The number of amides is 1. The molecule has 0 spiro atoms. The fourth-order valence-corrected chi connectivity index (χ4v) is 4.46. The van der Waals surface area contributed by atoms with Crippen LogP contribution in [0.5, 0.6) is 5.75 Å². The van der Waals surface area contributed by atoms with E-state index >= 15 is 0 Å². The van der Waals surface area contributed by atoms with Crippen molar-refractivity contribution in [2.24, 2.45) is 0 Å². The van der Waals surface area contributed by atoms with Crippen LogP contribution in [-0.2, 0) is 21.4 Å². The zero-order valence-electron chi connectivity index (χ0n) is 16.6. The molecule has 0 unspecified atom stereocenters. The first kappa shape index (κ1) is 22.9. The molecule has 1 amide bonds. The summed E-state index contributed by atoms with van der Waals surface area (Å²) in [7, 11) is -2.52. The summed E-state index contributed by atoms with van der Waals surface area (Å²) in [5.41, 5.74) is 1.16. The summed E-state index contributed by atoms with van der Waals surface area (Å²) in [5.74, 6) is 0.0692. The Bertz CT molecular complexity index is 1130. The van der Waals surface area contributed by atoms with Crippen LogP contribution in [0.15, 0.2) is 77.7 Å². The van der Waals surface area contributed by atoms with Crippen molar-refractivity contribution in [3.8, 4) is 5.75 Å². The average Bonchev–Trinajstić information content (AvgIpc) is 2.78. The van der Waals surface area contributed by atoms with Crippen LogP contribution < -0.4 is 14.4 Å². The molecule has 0 aliphatic rings. The molecule has 0 heterocycles. The van der Waals surface area contributed by atoms with Gasteiger partial charge in [-0.15, -0.1) is 0 Å². The molecule has 3 aromatic rings. The van der Waals surface area contributed by atoms with Crippen molar-refractivity contribution in [2.75, 3.05) is 18.0 Å². The molecule has 31 heavy (non-hydrogen) atoms. The van der Waals surface area contributed by atoms with Crippen molar-refractivity contribution in [2.45, 2.75) is 11.4 Å². The highest BCUT2D eigenvalue weighted by atomic mass is 35.5. The molecule has 9 heteroatoms. The first-order valence-electron chi connectivity index (χ1n) is 9.23. The Morgan fingerprint density at radius 3 is 2.00 bits per heavy atom. The highest BCUT2D eigenvalue weighted by molar-refractivity contribution is 7.92. The van der Waals surface area contributed by atoms with Crippen LogP contribution in [0, 0.1) is 0 Å². The van der Waals surface area contributed by atoms with Gasteiger partial charge in [-0.05, 0) is 66.2 Å². The topological polar surface area (TPSA) is 75.7 Å². The molecule has 0 bridgehead atoms. The van der Waals surface area contributed by atoms with Crippen molar-refractivity contribution in [3.05, 3.63) is 88.4 Å². The lowest BCUT2D eigenvalue weighted by molar-refractivity contribution is -0.119. The van der Waals surface area contributed by atoms with Crippen LogP contribution in [0.2, 0.25) is 10.0 Å². The molecule has 0 aromatic heterocycles. The van der Waals surface area contributed by atoms with Crippen LogP contribution in [0.25, 0.3) is 0 Å². The van der Waals surface area contributed by atoms with E-state index < -0.39 is 22.5 Å². The third kappa shape index (κ3) is 5.91. The summed E-state index contributed by atoms with van der Waals surface area (Å²) >= 11 is 11.8. The number of nitrogens with zero attached hydrogens (tertiary/aromatic N) is 1. The van der Waals surface area contributed by atoms with Crippen LogP contribution in [0.3, 0.4) is 0 Å². The molecule has 0 fully saturated rings. The first-order valence-corrected chi connectivity index (χ1v) is 11.4. The van der Waals surface area contributed by atoms with E-state index in [1.807, 2.05) is 0 Å². The number of ether oxygens (including phenoxy) is 1. The van der Waals surface area contributed by atoms with E-state index in [-0.39, 0.29) is 11.4 Å². The zero-order chi connectivity index (χ0) is 22.4. The second kappa shape index (κ2) is 10.0. The standard InChI is InChI=1S/C22H20Cl2N2O4S/c1-30-20-10-12-21(13-11-20)31(28,29)26(19-8-6-18(24)7-9-19)15-22(27)25-14-16-2-4-17(23)5-3-16/h2-13H,14-15H2,1H3,(H,25,27). The molecule has 3 rings (SSSR count). The van der Waals surface area contributed by atoms with Crippen LogP contribution >= 0.6 is 23.2 Å². The number of nitrogens with one attached hydrogen (secondary N) is 1. The van der Waals surface area contributed by atoms with Gasteiger partial charge in [0.15, 0.2) is 0 Å². The van der Waals surface area contributed by atoms with Crippen LogP contribution in [-0.4, -0.2) is 28.0 Å². The lowest BCUT2D eigenvalue weighted by atomic mass is 10.2. The minimum absolute atomic E-state index is 0.0359. The molecule has 6 nitrogen and oxygen atoms in total. The number of sulfonamides is 1. The fourth-order valence-electron chi connectivity index (χ4n) is 2.79. The SMILES string of the molecule is COc1ccc(S(=O)(=O)N(CC(=O)NCc2ccc(Cl)cc2)c2ccc(Cl)cc2)cc1. The molecule has 0 saturated heterocycles. The number of rotatable bonds is 8. The zero-order valence-corrected chi connectivity index (χ0v) is 18.9. The van der Waals surface area contributed by atoms with E-state index in [0.29, 0.717) is 21.5 Å². The lowest BCUT2D eigenvalue weighted by Crippen LogP contribution is -2.40. The van der Waals surface area contributed by atoms with E-state index in [0.717, 1.165) is 9.87 Å². The summed E-state index contributed by atoms with van der Waals surface area (Å²) in [6.45, 7) is -0.156. The van der Waals surface area contributed by atoms with E-state index in [9.17, 15) is 13.2 Å². The van der Waals surface area contributed by atoms with Crippen molar-refractivity contribution in [1.82, 2.24) is 5.32 Å². The number of methoxy groups -OCH3 is 1. The number of benzene rings is 3. The van der Waals surface area contributed by atoms with Gasteiger partial charge in [0, 0.05) is 16.6 Å². The fraction of sp³-hybridized carbons (Fsp3) is 0.136. The second-order valence-corrected chi connectivity index (χ2v) is 9.30. The number of anilines is 1. The Hall–Kier alpha value is -2.74. The highest BCUT2D eigenvalue weighted by Gasteiger charge is 2.27. The van der Waals surface area contributed by atoms with Crippen LogP contribution in [0.1, 0.15) is 5.56 Å². The molecule has 162 valence electrons. The minimum atomic E-state index is -4.02. The van der Waals surface area contributed by atoms with E-state index in [4.69, 9.17) is 27.9 Å². The molecule has 0 aliphatic heterocycles. The summed E-state index contributed by atoms with van der Waals surface area (Å²) < 4.78 is 32.8. The van der Waals surface area contributed by atoms with Gasteiger partial charge in [0.05, 0.1) is 17.7 Å². The van der Waals surface area contributed by atoms with Gasteiger partial charge in [-0.25, -0.2) is 8.42 Å². The molecule has 0 saturated carbocycles. The first-order chi connectivity index (χ1) is 14.8. The maximum absolute atomic E-state index is 13.3. The van der Waals surface area contributed by atoms with Gasteiger partial charge in [-0.3, -0.25) is 9.10 Å². The monoisotopic (exact) mass is 478 g/mol. The molecular formula is C22H20Cl2N2O4S. The summed E-state index contributed by atoms with van der Waals surface area (Å²) in [5, 5.41) is 3.79. The minimum Gasteiger partial charge on any atom is -0.497 e. The molecule has 0 atom stereocenters. The summed E-state index contributed by atoms with van der Waals surface area (Å²) in [6.07, 6.45) is 0. The van der Waals surface area contributed by atoms with Gasteiger partial charge in [0.1, 0.15) is 12.3 Å². The van der Waals surface area contributed by atoms with Gasteiger partial charge < -0.3 is 10.1 Å². The third-order valence-corrected chi connectivity index (χ3v) is 6.74. The third-order valence-electron chi connectivity index (χ3n) is 4.45. The van der Waals surface area contributed by atoms with E-state index in [1.165, 1.54) is 19.2 Å².